The lowest BCUT2D eigenvalue weighted by atomic mass is 10.1. The number of aliphatic carboxylic acids is 2. The third-order valence-corrected chi connectivity index (χ3v) is 2.66. The van der Waals surface area contributed by atoms with Gasteiger partial charge in [0.2, 0.25) is 0 Å². The lowest BCUT2D eigenvalue weighted by molar-refractivity contribution is -0.140. The smallest absolute Gasteiger partial charge is 0.343 e. The van der Waals surface area contributed by atoms with Gasteiger partial charge < -0.3 is 10.2 Å². The fourth-order valence-corrected chi connectivity index (χ4v) is 1.55. The Morgan fingerprint density at radius 3 is 2.15 bits per heavy atom. The monoisotopic (exact) mass is 278 g/mol. The molecule has 0 aliphatic rings. The van der Waals surface area contributed by atoms with Gasteiger partial charge in [-0.1, -0.05) is 42.9 Å². The zero-order valence-electron chi connectivity index (χ0n) is 12.2. The minimum Gasteiger partial charge on any atom is -0.477 e. The van der Waals surface area contributed by atoms with Crippen molar-refractivity contribution in [3.05, 3.63) is 47.1 Å². The van der Waals surface area contributed by atoms with E-state index in [0.29, 0.717) is 0 Å². The summed E-state index contributed by atoms with van der Waals surface area (Å²) in [5.74, 6) is -2.85. The Morgan fingerprint density at radius 2 is 1.65 bits per heavy atom. The molecule has 0 fully saturated rings. The van der Waals surface area contributed by atoms with Crippen LogP contribution in [0.1, 0.15) is 40.0 Å². The van der Waals surface area contributed by atoms with Crippen molar-refractivity contribution in [3.8, 4) is 0 Å². The molecule has 4 nitrogen and oxygen atoms in total. The van der Waals surface area contributed by atoms with Gasteiger partial charge in [-0.15, -0.1) is 0 Å². The summed E-state index contributed by atoms with van der Waals surface area (Å²) < 4.78 is 0. The molecule has 0 aromatic heterocycles. The second kappa shape index (κ2) is 9.78. The van der Waals surface area contributed by atoms with Gasteiger partial charge in [0.05, 0.1) is 0 Å². The highest BCUT2D eigenvalue weighted by atomic mass is 16.4. The summed E-state index contributed by atoms with van der Waals surface area (Å²) in [6, 6.07) is 0. The Balaban J connectivity index is 4.69. The molecule has 0 bridgehead atoms. The van der Waals surface area contributed by atoms with Gasteiger partial charge in [0, 0.05) is 0 Å². The van der Waals surface area contributed by atoms with Crippen molar-refractivity contribution in [1.29, 1.82) is 0 Å². The van der Waals surface area contributed by atoms with E-state index in [1.165, 1.54) is 13.0 Å². The maximum absolute atomic E-state index is 10.8. The minimum absolute atomic E-state index is 0.222. The Hall–Kier alpha value is -2.10. The van der Waals surface area contributed by atoms with Crippen molar-refractivity contribution in [2.45, 2.75) is 40.0 Å². The molecule has 0 rings (SSSR count). The molecule has 0 saturated carbocycles. The van der Waals surface area contributed by atoms with Gasteiger partial charge >= 0.3 is 11.9 Å². The van der Waals surface area contributed by atoms with Crippen LogP contribution in [0, 0.1) is 0 Å². The first-order valence-corrected chi connectivity index (χ1v) is 6.56. The van der Waals surface area contributed by atoms with Gasteiger partial charge in [-0.2, -0.15) is 0 Å². The normalized spacial score (nSPS) is 12.1. The first-order chi connectivity index (χ1) is 9.40. The number of hydrogen-bond acceptors (Lipinski definition) is 2. The summed E-state index contributed by atoms with van der Waals surface area (Å²) in [5.41, 5.74) is 0.778. The number of rotatable bonds is 8. The van der Waals surface area contributed by atoms with E-state index in [2.05, 4.69) is 19.1 Å². The highest BCUT2D eigenvalue weighted by Gasteiger charge is 2.17. The summed E-state index contributed by atoms with van der Waals surface area (Å²) in [6.45, 7) is 5.54. The Bertz CT molecular complexity index is 449. The minimum atomic E-state index is -1.43. The number of hydrogen-bond donors (Lipinski definition) is 2. The van der Waals surface area contributed by atoms with Gasteiger partial charge in [-0.3, -0.25) is 0 Å². The largest absolute Gasteiger partial charge is 0.477 e. The van der Waals surface area contributed by atoms with Crippen LogP contribution in [0.2, 0.25) is 0 Å². The lowest BCUT2D eigenvalue weighted by Crippen LogP contribution is -2.12. The maximum atomic E-state index is 10.8. The highest BCUT2D eigenvalue weighted by Crippen LogP contribution is 2.09. The molecule has 0 saturated heterocycles. The van der Waals surface area contributed by atoms with Crippen LogP contribution in [0.3, 0.4) is 0 Å². The summed E-state index contributed by atoms with van der Waals surface area (Å²) >= 11 is 0. The van der Waals surface area contributed by atoms with Crippen LogP contribution in [-0.4, -0.2) is 22.2 Å². The molecule has 0 aromatic carbocycles. The molecule has 0 aliphatic heterocycles. The van der Waals surface area contributed by atoms with E-state index in [1.807, 2.05) is 13.0 Å². The lowest BCUT2D eigenvalue weighted by Gasteiger charge is -1.99. The first kappa shape index (κ1) is 17.9. The summed E-state index contributed by atoms with van der Waals surface area (Å²) in [5, 5.41) is 17.6. The molecule has 0 aromatic rings. The third-order valence-electron chi connectivity index (χ3n) is 2.66. The fourth-order valence-electron chi connectivity index (χ4n) is 1.55. The van der Waals surface area contributed by atoms with Gasteiger partial charge in [-0.05, 0) is 38.7 Å². The highest BCUT2D eigenvalue weighted by molar-refractivity contribution is 6.13. The molecule has 2 N–H and O–H groups in total. The van der Waals surface area contributed by atoms with Crippen LogP contribution < -0.4 is 0 Å². The second-order valence-electron chi connectivity index (χ2n) is 4.46. The van der Waals surface area contributed by atoms with Gasteiger partial charge in [0.1, 0.15) is 5.57 Å². The van der Waals surface area contributed by atoms with E-state index >= 15 is 0 Å². The molecule has 0 radical (unpaired) electrons. The van der Waals surface area contributed by atoms with Crippen LogP contribution in [0.15, 0.2) is 47.1 Å². The average Bonchev–Trinajstić information content (AvgIpc) is 2.33. The molecular weight excluding hydrogens is 256 g/mol. The zero-order chi connectivity index (χ0) is 15.5. The van der Waals surface area contributed by atoms with Crippen molar-refractivity contribution >= 4 is 11.9 Å². The molecule has 0 heterocycles. The van der Waals surface area contributed by atoms with Crippen molar-refractivity contribution in [2.24, 2.45) is 0 Å². The Morgan fingerprint density at radius 1 is 1.05 bits per heavy atom. The molecule has 0 aliphatic carbocycles. The summed E-state index contributed by atoms with van der Waals surface area (Å²) in [4.78, 5) is 21.6. The van der Waals surface area contributed by atoms with Crippen LogP contribution >= 0.6 is 0 Å². The quantitative estimate of drug-likeness (QED) is 0.233. The van der Waals surface area contributed by atoms with E-state index in [-0.39, 0.29) is 5.57 Å². The second-order valence-corrected chi connectivity index (χ2v) is 4.46. The molecule has 110 valence electrons. The van der Waals surface area contributed by atoms with Crippen LogP contribution in [0.4, 0.5) is 0 Å². The number of carboxylic acid groups (broad SMARTS) is 2. The van der Waals surface area contributed by atoms with Gasteiger partial charge in [-0.25, -0.2) is 9.59 Å². The molecular formula is C16H22O4. The molecule has 4 heteroatoms. The number of allylic oxidation sites excluding steroid dienone is 7. The summed E-state index contributed by atoms with van der Waals surface area (Å²) in [7, 11) is 0. The van der Waals surface area contributed by atoms with Gasteiger partial charge in [0.25, 0.3) is 0 Å². The van der Waals surface area contributed by atoms with E-state index in [4.69, 9.17) is 10.2 Å². The topological polar surface area (TPSA) is 74.6 Å². The number of carbonyl (C=O) groups is 2. The van der Waals surface area contributed by atoms with Crippen LogP contribution in [-0.2, 0) is 9.59 Å². The van der Waals surface area contributed by atoms with E-state index in [1.54, 1.807) is 6.08 Å². The molecule has 0 spiro atoms. The predicted octanol–water partition coefficient (Wildman–Crippen LogP) is 3.72. The molecule has 0 atom stereocenters. The zero-order valence-corrected chi connectivity index (χ0v) is 12.2. The van der Waals surface area contributed by atoms with Crippen LogP contribution in [0.5, 0.6) is 0 Å². The molecule has 0 amide bonds. The Kier molecular flexibility index (Phi) is 8.75. The van der Waals surface area contributed by atoms with E-state index < -0.39 is 17.5 Å². The first-order valence-electron chi connectivity index (χ1n) is 6.56. The van der Waals surface area contributed by atoms with E-state index in [9.17, 15) is 9.59 Å². The van der Waals surface area contributed by atoms with Crippen molar-refractivity contribution < 1.29 is 19.8 Å². The third kappa shape index (κ3) is 7.36. The Labute approximate surface area is 119 Å². The van der Waals surface area contributed by atoms with Crippen molar-refractivity contribution in [2.75, 3.05) is 0 Å². The molecule has 20 heavy (non-hydrogen) atoms. The maximum Gasteiger partial charge on any atom is 0.343 e. The average molecular weight is 278 g/mol. The standard InChI is InChI=1S/C16H22O4/c1-4-5-6-7-9-12(2)10-8-11-13(3)14(15(17)18)16(19)20/h5-6,8,10-11H,4,7,9H2,1-3H3,(H,17,18)(H,19,20)/b6-5+,11-8+,12-10+. The fraction of sp³-hybridized carbons (Fsp3) is 0.375. The van der Waals surface area contributed by atoms with Gasteiger partial charge in [0.15, 0.2) is 0 Å². The van der Waals surface area contributed by atoms with Crippen molar-refractivity contribution in [3.63, 3.8) is 0 Å². The van der Waals surface area contributed by atoms with Crippen molar-refractivity contribution in [1.82, 2.24) is 0 Å². The predicted molar refractivity (Wildman–Crippen MR) is 79.5 cm³/mol. The number of carboxylic acids is 2. The van der Waals surface area contributed by atoms with Crippen LogP contribution in [0.25, 0.3) is 0 Å². The SMILES string of the molecule is CC/C=C/CC/C(C)=C/C=C/C(C)=C(C(=O)O)C(=O)O. The van der Waals surface area contributed by atoms with E-state index in [0.717, 1.165) is 24.8 Å². The summed E-state index contributed by atoms with van der Waals surface area (Å²) in [6.07, 6.45) is 12.2. The molecule has 0 unspecified atom stereocenters.